The lowest BCUT2D eigenvalue weighted by molar-refractivity contribution is 0.0927. The van der Waals surface area contributed by atoms with Crippen LogP contribution in [0.5, 0.6) is 0 Å². The van der Waals surface area contributed by atoms with Crippen molar-refractivity contribution in [2.75, 3.05) is 5.32 Å². The van der Waals surface area contributed by atoms with E-state index < -0.39 is 5.91 Å². The Bertz CT molecular complexity index is 1120. The average molecular weight is 430 g/mol. The Balaban J connectivity index is 1.46. The number of anilines is 2. The smallest absolute Gasteiger partial charge is 0.251 e. The van der Waals surface area contributed by atoms with Crippen LogP contribution in [-0.4, -0.2) is 27.8 Å². The Hall–Kier alpha value is -3.74. The summed E-state index contributed by atoms with van der Waals surface area (Å²) in [5.41, 5.74) is 9.63. The number of carbonyl (C=O) groups is 2. The molecule has 0 saturated heterocycles. The summed E-state index contributed by atoms with van der Waals surface area (Å²) in [5.74, 6) is -0.0818. The molecule has 0 unspecified atom stereocenters. The number of nitrogens with two attached hydrogens (primary N) is 1. The summed E-state index contributed by atoms with van der Waals surface area (Å²) in [6.45, 7) is 1.85. The molecule has 1 aliphatic rings. The van der Waals surface area contributed by atoms with E-state index in [4.69, 9.17) is 5.73 Å². The van der Waals surface area contributed by atoms with Gasteiger partial charge >= 0.3 is 0 Å². The summed E-state index contributed by atoms with van der Waals surface area (Å²) in [4.78, 5) is 33.0. The zero-order chi connectivity index (χ0) is 22.5. The molecule has 1 aromatic heterocycles. The first-order valence-corrected chi connectivity index (χ1v) is 10.9. The fourth-order valence-corrected chi connectivity index (χ4v) is 4.10. The Kier molecular flexibility index (Phi) is 6.44. The number of amides is 2. The first-order chi connectivity index (χ1) is 15.5. The van der Waals surface area contributed by atoms with Crippen LogP contribution in [0.1, 0.15) is 58.4 Å². The second-order valence-corrected chi connectivity index (χ2v) is 8.12. The Labute approximate surface area is 187 Å². The van der Waals surface area contributed by atoms with Crippen LogP contribution in [0.4, 0.5) is 11.6 Å². The number of rotatable bonds is 6. The predicted molar refractivity (Wildman–Crippen MR) is 125 cm³/mol. The van der Waals surface area contributed by atoms with E-state index in [9.17, 15) is 9.59 Å². The van der Waals surface area contributed by atoms with Gasteiger partial charge in [0.1, 0.15) is 0 Å². The van der Waals surface area contributed by atoms with Crippen molar-refractivity contribution < 1.29 is 9.59 Å². The number of hydrogen-bond donors (Lipinski definition) is 3. The van der Waals surface area contributed by atoms with Crippen molar-refractivity contribution in [3.8, 4) is 11.3 Å². The molecular formula is C25H27N5O2. The molecule has 4 N–H and O–H groups in total. The second kappa shape index (κ2) is 9.60. The van der Waals surface area contributed by atoms with Crippen LogP contribution in [0.25, 0.3) is 11.3 Å². The monoisotopic (exact) mass is 429 g/mol. The Morgan fingerprint density at radius 2 is 1.75 bits per heavy atom. The third-order valence-electron chi connectivity index (χ3n) is 5.87. The lowest BCUT2D eigenvalue weighted by Gasteiger charge is -2.22. The highest BCUT2D eigenvalue weighted by atomic mass is 16.2. The standard InChI is InChI=1S/C25H27N5O2/c1-16-20(8-5-9-21(16)23(26)31)22-14-15-27-25(30-22)29-19-12-10-17(11-13-19)24(32)28-18-6-3-2-4-7-18/h5,8-15,18H,2-4,6-7H2,1H3,(H2,26,31)(H,28,32)(H,27,29,30). The maximum Gasteiger partial charge on any atom is 0.251 e. The van der Waals surface area contributed by atoms with Gasteiger partial charge in [0.15, 0.2) is 0 Å². The summed E-state index contributed by atoms with van der Waals surface area (Å²) in [6.07, 6.45) is 7.39. The van der Waals surface area contributed by atoms with Gasteiger partial charge in [-0.3, -0.25) is 9.59 Å². The van der Waals surface area contributed by atoms with Crippen molar-refractivity contribution in [2.24, 2.45) is 5.73 Å². The fourth-order valence-electron chi connectivity index (χ4n) is 4.10. The van der Waals surface area contributed by atoms with Crippen molar-refractivity contribution in [1.29, 1.82) is 0 Å². The molecule has 0 atom stereocenters. The first-order valence-electron chi connectivity index (χ1n) is 10.9. The van der Waals surface area contributed by atoms with Gasteiger partial charge in [0.2, 0.25) is 11.9 Å². The summed E-state index contributed by atoms with van der Waals surface area (Å²) in [5, 5.41) is 6.30. The molecule has 4 rings (SSSR count). The van der Waals surface area contributed by atoms with Crippen molar-refractivity contribution in [3.05, 3.63) is 71.4 Å². The minimum Gasteiger partial charge on any atom is -0.366 e. The van der Waals surface area contributed by atoms with Gasteiger partial charge in [0.25, 0.3) is 5.91 Å². The third kappa shape index (κ3) is 4.94. The van der Waals surface area contributed by atoms with Gasteiger partial charge in [-0.15, -0.1) is 0 Å². The molecule has 7 heteroatoms. The average Bonchev–Trinajstić information content (AvgIpc) is 2.80. The van der Waals surface area contributed by atoms with Gasteiger partial charge < -0.3 is 16.4 Å². The summed E-state index contributed by atoms with van der Waals surface area (Å²) in [6, 6.07) is 14.7. The maximum atomic E-state index is 12.5. The van der Waals surface area contributed by atoms with Gasteiger partial charge in [-0.25, -0.2) is 9.97 Å². The lowest BCUT2D eigenvalue weighted by atomic mass is 9.95. The molecule has 7 nitrogen and oxygen atoms in total. The van der Waals surface area contributed by atoms with E-state index in [1.165, 1.54) is 19.3 Å². The molecule has 0 bridgehead atoms. The van der Waals surface area contributed by atoms with Crippen LogP contribution in [0, 0.1) is 6.92 Å². The predicted octanol–water partition coefficient (Wildman–Crippen LogP) is 4.36. The van der Waals surface area contributed by atoms with Crippen LogP contribution < -0.4 is 16.4 Å². The van der Waals surface area contributed by atoms with Gasteiger partial charge in [-0.1, -0.05) is 31.4 Å². The molecule has 0 spiro atoms. The van der Waals surface area contributed by atoms with Crippen molar-refractivity contribution >= 4 is 23.5 Å². The molecule has 0 aliphatic heterocycles. The van der Waals surface area contributed by atoms with E-state index in [2.05, 4.69) is 20.6 Å². The van der Waals surface area contributed by atoms with Crippen LogP contribution in [0.2, 0.25) is 0 Å². The molecule has 1 fully saturated rings. The highest BCUT2D eigenvalue weighted by Crippen LogP contribution is 2.25. The molecule has 1 heterocycles. The van der Waals surface area contributed by atoms with Gasteiger partial charge in [0, 0.05) is 34.6 Å². The van der Waals surface area contributed by atoms with Crippen molar-refractivity contribution in [1.82, 2.24) is 15.3 Å². The van der Waals surface area contributed by atoms with Crippen LogP contribution in [0.3, 0.4) is 0 Å². The number of benzene rings is 2. The SMILES string of the molecule is Cc1c(C(N)=O)cccc1-c1ccnc(Nc2ccc(C(=O)NC3CCCCC3)cc2)n1. The summed E-state index contributed by atoms with van der Waals surface area (Å²) < 4.78 is 0. The minimum absolute atomic E-state index is 0.0356. The van der Waals surface area contributed by atoms with E-state index in [-0.39, 0.29) is 11.9 Å². The van der Waals surface area contributed by atoms with Crippen molar-refractivity contribution in [2.45, 2.75) is 45.1 Å². The van der Waals surface area contributed by atoms with E-state index >= 15 is 0 Å². The molecule has 164 valence electrons. The Morgan fingerprint density at radius 1 is 1.00 bits per heavy atom. The quantitative estimate of drug-likeness (QED) is 0.539. The molecule has 1 aliphatic carbocycles. The third-order valence-corrected chi connectivity index (χ3v) is 5.87. The number of hydrogen-bond acceptors (Lipinski definition) is 5. The van der Waals surface area contributed by atoms with Crippen LogP contribution in [0.15, 0.2) is 54.7 Å². The number of carbonyl (C=O) groups excluding carboxylic acids is 2. The highest BCUT2D eigenvalue weighted by Gasteiger charge is 2.16. The molecule has 0 radical (unpaired) electrons. The molecule has 1 saturated carbocycles. The minimum atomic E-state index is -0.468. The topological polar surface area (TPSA) is 110 Å². The number of primary amides is 1. The first kappa shape index (κ1) is 21.5. The van der Waals surface area contributed by atoms with Crippen molar-refractivity contribution in [3.63, 3.8) is 0 Å². The highest BCUT2D eigenvalue weighted by molar-refractivity contribution is 5.96. The summed E-state index contributed by atoms with van der Waals surface area (Å²) >= 11 is 0. The van der Waals surface area contributed by atoms with E-state index in [0.717, 1.165) is 29.7 Å². The molecular weight excluding hydrogens is 402 g/mol. The fraction of sp³-hybridized carbons (Fsp3) is 0.280. The lowest BCUT2D eigenvalue weighted by Crippen LogP contribution is -2.36. The molecule has 3 aromatic rings. The maximum absolute atomic E-state index is 12.5. The Morgan fingerprint density at radius 3 is 2.47 bits per heavy atom. The summed E-state index contributed by atoms with van der Waals surface area (Å²) in [7, 11) is 0. The van der Waals surface area contributed by atoms with Gasteiger partial charge in [0.05, 0.1) is 5.69 Å². The molecule has 2 amide bonds. The van der Waals surface area contributed by atoms with Crippen LogP contribution in [-0.2, 0) is 0 Å². The zero-order valence-corrected chi connectivity index (χ0v) is 18.1. The second-order valence-electron chi connectivity index (χ2n) is 8.12. The number of nitrogens with one attached hydrogen (secondary N) is 2. The largest absolute Gasteiger partial charge is 0.366 e. The zero-order valence-electron chi connectivity index (χ0n) is 18.1. The van der Waals surface area contributed by atoms with E-state index in [1.54, 1.807) is 36.5 Å². The van der Waals surface area contributed by atoms with Gasteiger partial charge in [-0.2, -0.15) is 0 Å². The van der Waals surface area contributed by atoms with E-state index in [1.807, 2.05) is 25.1 Å². The number of nitrogens with zero attached hydrogens (tertiary/aromatic N) is 2. The normalized spacial score (nSPS) is 14.0. The molecule has 32 heavy (non-hydrogen) atoms. The van der Waals surface area contributed by atoms with Gasteiger partial charge in [-0.05, 0) is 61.7 Å². The van der Waals surface area contributed by atoms with Crippen LogP contribution >= 0.6 is 0 Å². The molecule has 2 aromatic carbocycles. The van der Waals surface area contributed by atoms with E-state index in [0.29, 0.717) is 22.8 Å². The number of aromatic nitrogens is 2.